The van der Waals surface area contributed by atoms with Gasteiger partial charge in [0.15, 0.2) is 5.96 Å². The highest BCUT2D eigenvalue weighted by atomic mass is 19.4. The second kappa shape index (κ2) is 10.0. The Morgan fingerprint density at radius 2 is 1.82 bits per heavy atom. The van der Waals surface area contributed by atoms with E-state index < -0.39 is 11.7 Å². The lowest BCUT2D eigenvalue weighted by Crippen LogP contribution is -2.39. The Morgan fingerprint density at radius 1 is 1.14 bits per heavy atom. The van der Waals surface area contributed by atoms with Crippen molar-refractivity contribution < 1.29 is 17.9 Å². The molecule has 0 aliphatic rings. The maximum Gasteiger partial charge on any atom is 0.416 e. The molecule has 0 saturated carbocycles. The summed E-state index contributed by atoms with van der Waals surface area (Å²) in [7, 11) is 1.67. The maximum atomic E-state index is 12.5. The van der Waals surface area contributed by atoms with E-state index in [9.17, 15) is 13.2 Å². The van der Waals surface area contributed by atoms with Crippen LogP contribution < -0.4 is 15.4 Å². The van der Waals surface area contributed by atoms with Crippen LogP contribution in [0.1, 0.15) is 23.4 Å². The molecule has 0 atom stereocenters. The van der Waals surface area contributed by atoms with Gasteiger partial charge < -0.3 is 15.4 Å². The molecule has 1 aromatic carbocycles. The van der Waals surface area contributed by atoms with Gasteiger partial charge in [0.25, 0.3) is 0 Å². The average molecular weight is 397 g/mol. The van der Waals surface area contributed by atoms with Crippen molar-refractivity contribution in [2.75, 3.05) is 26.7 Å². The first-order chi connectivity index (χ1) is 13.3. The predicted molar refractivity (Wildman–Crippen MR) is 103 cm³/mol. The molecule has 1 aromatic heterocycles. The number of alkyl halides is 3. The maximum absolute atomic E-state index is 12.5. The number of hydrogen-bond donors (Lipinski definition) is 2. The summed E-state index contributed by atoms with van der Waals surface area (Å²) in [5.41, 5.74) is 1.46. The lowest BCUT2D eigenvalue weighted by Gasteiger charge is -2.13. The number of benzene rings is 1. The van der Waals surface area contributed by atoms with Gasteiger partial charge in [-0.15, -0.1) is 0 Å². The van der Waals surface area contributed by atoms with Crippen LogP contribution in [0.2, 0.25) is 0 Å². The number of guanidine groups is 1. The third kappa shape index (κ3) is 6.79. The molecule has 0 saturated heterocycles. The van der Waals surface area contributed by atoms with Crippen LogP contribution in [-0.2, 0) is 12.7 Å². The molecule has 6 nitrogen and oxygen atoms in total. The molecular weight excluding hydrogens is 371 g/mol. The van der Waals surface area contributed by atoms with Crippen molar-refractivity contribution in [3.05, 3.63) is 47.3 Å². The highest BCUT2D eigenvalue weighted by Gasteiger charge is 2.29. The van der Waals surface area contributed by atoms with Gasteiger partial charge in [0, 0.05) is 25.8 Å². The molecule has 2 aromatic rings. The van der Waals surface area contributed by atoms with Crippen LogP contribution in [0.25, 0.3) is 0 Å². The minimum Gasteiger partial charge on any atom is -0.492 e. The first-order valence-electron chi connectivity index (χ1n) is 9.05. The normalized spacial score (nSPS) is 12.1. The Morgan fingerprint density at radius 3 is 2.39 bits per heavy atom. The molecule has 28 heavy (non-hydrogen) atoms. The Kier molecular flexibility index (Phi) is 7.71. The Balaban J connectivity index is 1.63. The van der Waals surface area contributed by atoms with Gasteiger partial charge in [0.2, 0.25) is 0 Å². The average Bonchev–Trinajstić information content (AvgIpc) is 2.97. The first-order valence-corrected chi connectivity index (χ1v) is 9.05. The minimum absolute atomic E-state index is 0.303. The van der Waals surface area contributed by atoms with Crippen molar-refractivity contribution in [1.29, 1.82) is 0 Å². The molecule has 0 aliphatic heterocycles. The number of hydrogen-bond acceptors (Lipinski definition) is 3. The molecule has 0 aliphatic carbocycles. The number of rotatable bonds is 8. The van der Waals surface area contributed by atoms with Crippen LogP contribution in [0.3, 0.4) is 0 Å². The van der Waals surface area contributed by atoms with Crippen LogP contribution >= 0.6 is 0 Å². The second-order valence-corrected chi connectivity index (χ2v) is 6.30. The summed E-state index contributed by atoms with van der Waals surface area (Å²) in [5, 5.41) is 10.7. The SMILES string of the molecule is CN=C(NCCCn1nc(C)cc1C)NCCOc1ccc(C(F)(F)F)cc1. The summed E-state index contributed by atoms with van der Waals surface area (Å²) in [6, 6.07) is 6.69. The lowest BCUT2D eigenvalue weighted by molar-refractivity contribution is -0.137. The minimum atomic E-state index is -4.34. The molecular formula is C19H26F3N5O. The van der Waals surface area contributed by atoms with Gasteiger partial charge in [0.1, 0.15) is 12.4 Å². The first kappa shape index (κ1) is 21.6. The number of aromatic nitrogens is 2. The summed E-state index contributed by atoms with van der Waals surface area (Å²) in [4.78, 5) is 4.13. The second-order valence-electron chi connectivity index (χ2n) is 6.30. The fraction of sp³-hybridized carbons (Fsp3) is 0.474. The van der Waals surface area contributed by atoms with Crippen molar-refractivity contribution in [2.45, 2.75) is 33.0 Å². The highest BCUT2D eigenvalue weighted by Crippen LogP contribution is 2.30. The van der Waals surface area contributed by atoms with Crippen LogP contribution in [-0.4, -0.2) is 42.5 Å². The molecule has 0 bridgehead atoms. The number of aryl methyl sites for hydroxylation is 3. The molecule has 0 fully saturated rings. The summed E-state index contributed by atoms with van der Waals surface area (Å²) in [5.74, 6) is 1.03. The lowest BCUT2D eigenvalue weighted by atomic mass is 10.2. The number of halogens is 3. The number of ether oxygens (including phenoxy) is 1. The summed E-state index contributed by atoms with van der Waals surface area (Å²) < 4.78 is 45.0. The van der Waals surface area contributed by atoms with Gasteiger partial charge in [0.05, 0.1) is 17.8 Å². The molecule has 0 radical (unpaired) electrons. The fourth-order valence-corrected chi connectivity index (χ4v) is 2.64. The predicted octanol–water partition coefficient (Wildman–Crippen LogP) is 3.15. The van der Waals surface area contributed by atoms with Gasteiger partial charge in [-0.1, -0.05) is 0 Å². The summed E-state index contributed by atoms with van der Waals surface area (Å²) in [6.07, 6.45) is -3.45. The van der Waals surface area contributed by atoms with Crippen molar-refractivity contribution in [3.63, 3.8) is 0 Å². The van der Waals surface area contributed by atoms with E-state index in [-0.39, 0.29) is 0 Å². The molecule has 2 N–H and O–H groups in total. The van der Waals surface area contributed by atoms with Crippen LogP contribution in [0.5, 0.6) is 5.75 Å². The van der Waals surface area contributed by atoms with Crippen LogP contribution in [0, 0.1) is 13.8 Å². The smallest absolute Gasteiger partial charge is 0.416 e. The standard InChI is InChI=1S/C19H26F3N5O/c1-14-13-15(2)27(26-14)11-4-9-24-18(23-3)25-10-12-28-17-7-5-16(6-8-17)19(20,21)22/h5-8,13H,4,9-12H2,1-3H3,(H2,23,24,25). The molecule has 154 valence electrons. The molecule has 1 heterocycles. The largest absolute Gasteiger partial charge is 0.492 e. The molecule has 0 unspecified atom stereocenters. The fourth-order valence-electron chi connectivity index (χ4n) is 2.64. The van der Waals surface area contributed by atoms with Crippen molar-refractivity contribution in [2.24, 2.45) is 4.99 Å². The third-order valence-corrected chi connectivity index (χ3v) is 4.01. The molecule has 2 rings (SSSR count). The highest BCUT2D eigenvalue weighted by molar-refractivity contribution is 5.79. The van der Waals surface area contributed by atoms with E-state index in [2.05, 4.69) is 20.7 Å². The molecule has 0 spiro atoms. The van der Waals surface area contributed by atoms with Crippen LogP contribution in [0.15, 0.2) is 35.3 Å². The third-order valence-electron chi connectivity index (χ3n) is 4.01. The van der Waals surface area contributed by atoms with Crippen molar-refractivity contribution in [1.82, 2.24) is 20.4 Å². The quantitative estimate of drug-likeness (QED) is 0.408. The molecule has 9 heteroatoms. The van der Waals surface area contributed by atoms with Crippen molar-refractivity contribution in [3.8, 4) is 5.75 Å². The van der Waals surface area contributed by atoms with Gasteiger partial charge in [-0.2, -0.15) is 18.3 Å². The summed E-state index contributed by atoms with van der Waals surface area (Å²) >= 11 is 0. The van der Waals surface area contributed by atoms with E-state index in [1.165, 1.54) is 12.1 Å². The zero-order valence-electron chi connectivity index (χ0n) is 16.3. The zero-order chi connectivity index (χ0) is 20.6. The van der Waals surface area contributed by atoms with Gasteiger partial charge in [-0.3, -0.25) is 9.67 Å². The van der Waals surface area contributed by atoms with E-state index in [0.29, 0.717) is 24.9 Å². The van der Waals surface area contributed by atoms with E-state index >= 15 is 0 Å². The Labute approximate surface area is 162 Å². The van der Waals surface area contributed by atoms with Gasteiger partial charge in [-0.25, -0.2) is 0 Å². The van der Waals surface area contributed by atoms with E-state index in [4.69, 9.17) is 4.74 Å². The van der Waals surface area contributed by atoms with Gasteiger partial charge in [-0.05, 0) is 50.6 Å². The van der Waals surface area contributed by atoms with Gasteiger partial charge >= 0.3 is 6.18 Å². The number of nitrogens with zero attached hydrogens (tertiary/aromatic N) is 3. The molecule has 0 amide bonds. The van der Waals surface area contributed by atoms with Crippen LogP contribution in [0.4, 0.5) is 13.2 Å². The summed E-state index contributed by atoms with van der Waals surface area (Å²) in [6.45, 7) is 6.33. The van der Waals surface area contributed by atoms with Crippen molar-refractivity contribution >= 4 is 5.96 Å². The van der Waals surface area contributed by atoms with E-state index in [1.54, 1.807) is 7.05 Å². The topological polar surface area (TPSA) is 63.5 Å². The van der Waals surface area contributed by atoms with E-state index in [0.717, 1.165) is 43.0 Å². The number of nitrogens with one attached hydrogen (secondary N) is 2. The number of aliphatic imine (C=N–C) groups is 1. The monoisotopic (exact) mass is 397 g/mol. The Hall–Kier alpha value is -2.71. The Bertz CT molecular complexity index is 769. The van der Waals surface area contributed by atoms with E-state index in [1.807, 2.05) is 24.6 Å². The zero-order valence-corrected chi connectivity index (χ0v) is 16.3.